The summed E-state index contributed by atoms with van der Waals surface area (Å²) >= 11 is 7.85. The minimum absolute atomic E-state index is 0.131. The molecule has 19 heavy (non-hydrogen) atoms. The van der Waals surface area contributed by atoms with Crippen LogP contribution in [-0.4, -0.2) is 7.05 Å². The minimum Gasteiger partial charge on any atom is -0.484 e. The molecule has 0 fully saturated rings. The number of benzene rings is 1. The monoisotopic (exact) mass is 293 g/mol. The van der Waals surface area contributed by atoms with Crippen molar-refractivity contribution in [3.8, 4) is 5.75 Å². The number of nitrogens with one attached hydrogen (secondary N) is 1. The van der Waals surface area contributed by atoms with Crippen molar-refractivity contribution in [2.45, 2.75) is 25.5 Å². The van der Waals surface area contributed by atoms with Crippen molar-refractivity contribution in [2.75, 3.05) is 7.05 Å². The van der Waals surface area contributed by atoms with Crippen molar-refractivity contribution in [1.82, 2.24) is 5.32 Å². The van der Waals surface area contributed by atoms with E-state index in [4.69, 9.17) is 16.3 Å². The number of aryl methyl sites for hydroxylation is 1. The maximum atomic E-state index is 6.16. The van der Waals surface area contributed by atoms with E-state index in [1.807, 2.05) is 25.2 Å². The molecular formula is C15H16ClNOS. The zero-order valence-corrected chi connectivity index (χ0v) is 12.5. The quantitative estimate of drug-likeness (QED) is 0.880. The Hall–Kier alpha value is -1.03. The summed E-state index contributed by atoms with van der Waals surface area (Å²) in [6.07, 6.45) is 1.07. The van der Waals surface area contributed by atoms with Crippen LogP contribution in [0.4, 0.5) is 0 Å². The van der Waals surface area contributed by atoms with Crippen molar-refractivity contribution in [1.29, 1.82) is 0 Å². The first-order valence-electron chi connectivity index (χ1n) is 6.36. The van der Waals surface area contributed by atoms with Gasteiger partial charge in [-0.2, -0.15) is 0 Å². The van der Waals surface area contributed by atoms with Crippen LogP contribution in [-0.2, 0) is 0 Å². The highest BCUT2D eigenvalue weighted by Gasteiger charge is 2.29. The third kappa shape index (κ3) is 2.38. The number of hydrogen-bond donors (Lipinski definition) is 1. The molecule has 0 radical (unpaired) electrons. The molecule has 0 bridgehead atoms. The van der Waals surface area contributed by atoms with Gasteiger partial charge in [0.15, 0.2) is 0 Å². The molecule has 0 aliphatic carbocycles. The van der Waals surface area contributed by atoms with Gasteiger partial charge in [-0.25, -0.2) is 0 Å². The topological polar surface area (TPSA) is 21.3 Å². The van der Waals surface area contributed by atoms with Gasteiger partial charge in [-0.15, -0.1) is 11.3 Å². The summed E-state index contributed by atoms with van der Waals surface area (Å²) in [7, 11) is 1.99. The highest BCUT2D eigenvalue weighted by Crippen LogP contribution is 2.43. The number of hydrogen-bond acceptors (Lipinski definition) is 3. The molecule has 0 spiro atoms. The van der Waals surface area contributed by atoms with Crippen LogP contribution < -0.4 is 10.1 Å². The minimum atomic E-state index is 0.131. The molecule has 1 aromatic carbocycles. The standard InChI is InChI=1S/C15H16ClNOS/c1-9-5-6-19-15(9)14-8-12(17-2)11-7-10(16)3-4-13(11)18-14/h3-7,12,14,17H,8H2,1-2H3. The molecule has 2 heterocycles. The zero-order valence-electron chi connectivity index (χ0n) is 10.9. The summed E-state index contributed by atoms with van der Waals surface area (Å²) in [5.41, 5.74) is 2.46. The van der Waals surface area contributed by atoms with Crippen LogP contribution in [0.3, 0.4) is 0 Å². The lowest BCUT2D eigenvalue weighted by Gasteiger charge is -2.32. The summed E-state index contributed by atoms with van der Waals surface area (Å²) in [5, 5.41) is 6.25. The Kier molecular flexibility index (Phi) is 3.52. The first kappa shape index (κ1) is 13.0. The fraction of sp³-hybridized carbons (Fsp3) is 0.333. The van der Waals surface area contributed by atoms with Gasteiger partial charge in [0.2, 0.25) is 0 Å². The van der Waals surface area contributed by atoms with Crippen LogP contribution in [0.5, 0.6) is 5.75 Å². The molecule has 2 nitrogen and oxygen atoms in total. The van der Waals surface area contributed by atoms with Crippen LogP contribution >= 0.6 is 22.9 Å². The van der Waals surface area contributed by atoms with Gasteiger partial charge in [-0.3, -0.25) is 0 Å². The molecule has 3 rings (SSSR count). The third-order valence-corrected chi connectivity index (χ3v) is 4.95. The predicted molar refractivity (Wildman–Crippen MR) is 80.3 cm³/mol. The van der Waals surface area contributed by atoms with Gasteiger partial charge in [-0.05, 0) is 49.2 Å². The molecule has 0 saturated heterocycles. The van der Waals surface area contributed by atoms with Crippen LogP contribution in [0.25, 0.3) is 0 Å². The van der Waals surface area contributed by atoms with E-state index in [1.165, 1.54) is 10.4 Å². The molecular weight excluding hydrogens is 278 g/mol. The lowest BCUT2D eigenvalue weighted by Crippen LogP contribution is -2.26. The Balaban J connectivity index is 1.98. The Labute approximate surface area is 122 Å². The van der Waals surface area contributed by atoms with E-state index in [1.54, 1.807) is 11.3 Å². The van der Waals surface area contributed by atoms with Gasteiger partial charge in [0, 0.05) is 27.9 Å². The van der Waals surface area contributed by atoms with Gasteiger partial charge in [0.05, 0.1) is 0 Å². The predicted octanol–water partition coefficient (Wildman–Crippen LogP) is 4.49. The number of halogens is 1. The fourth-order valence-corrected chi connectivity index (χ4v) is 3.74. The molecule has 2 atom stereocenters. The van der Waals surface area contributed by atoms with Crippen LogP contribution in [0.1, 0.15) is 34.6 Å². The maximum Gasteiger partial charge on any atom is 0.135 e. The molecule has 1 aliphatic rings. The number of rotatable bonds is 2. The Morgan fingerprint density at radius 2 is 2.21 bits per heavy atom. The van der Waals surface area contributed by atoms with Gasteiger partial charge in [-0.1, -0.05) is 11.6 Å². The van der Waals surface area contributed by atoms with Gasteiger partial charge in [0.1, 0.15) is 11.9 Å². The van der Waals surface area contributed by atoms with E-state index in [0.717, 1.165) is 22.8 Å². The molecule has 1 N–H and O–H groups in total. The second-order valence-electron chi connectivity index (χ2n) is 4.83. The van der Waals surface area contributed by atoms with E-state index in [0.29, 0.717) is 0 Å². The summed E-state index contributed by atoms with van der Waals surface area (Å²) in [5.74, 6) is 0.938. The lowest BCUT2D eigenvalue weighted by atomic mass is 9.95. The van der Waals surface area contributed by atoms with E-state index in [9.17, 15) is 0 Å². The van der Waals surface area contributed by atoms with E-state index in [2.05, 4.69) is 23.7 Å². The average Bonchev–Trinajstić information content (AvgIpc) is 2.84. The molecule has 0 saturated carbocycles. The average molecular weight is 294 g/mol. The Bertz CT molecular complexity index is 596. The SMILES string of the molecule is CNC1CC(c2sccc2C)Oc2ccc(Cl)cc21. The molecule has 2 unspecified atom stereocenters. The summed E-state index contributed by atoms with van der Waals surface area (Å²) in [6, 6.07) is 8.28. The number of fused-ring (bicyclic) bond motifs is 1. The zero-order chi connectivity index (χ0) is 13.4. The molecule has 1 aliphatic heterocycles. The van der Waals surface area contributed by atoms with Crippen molar-refractivity contribution in [2.24, 2.45) is 0 Å². The van der Waals surface area contributed by atoms with Crippen LogP contribution in [0.2, 0.25) is 5.02 Å². The van der Waals surface area contributed by atoms with Crippen molar-refractivity contribution in [3.05, 3.63) is 50.7 Å². The van der Waals surface area contributed by atoms with Crippen molar-refractivity contribution < 1.29 is 4.74 Å². The smallest absolute Gasteiger partial charge is 0.135 e. The van der Waals surface area contributed by atoms with Gasteiger partial charge >= 0.3 is 0 Å². The molecule has 100 valence electrons. The molecule has 2 aromatic rings. The highest BCUT2D eigenvalue weighted by molar-refractivity contribution is 7.10. The Morgan fingerprint density at radius 3 is 2.89 bits per heavy atom. The van der Waals surface area contributed by atoms with Gasteiger partial charge < -0.3 is 10.1 Å². The molecule has 0 amide bonds. The second-order valence-corrected chi connectivity index (χ2v) is 6.22. The maximum absolute atomic E-state index is 6.16. The lowest BCUT2D eigenvalue weighted by molar-refractivity contribution is 0.156. The normalized spacial score (nSPS) is 21.8. The van der Waals surface area contributed by atoms with Gasteiger partial charge in [0.25, 0.3) is 0 Å². The van der Waals surface area contributed by atoms with Crippen LogP contribution in [0, 0.1) is 6.92 Å². The number of thiophene rings is 1. The van der Waals surface area contributed by atoms with E-state index in [-0.39, 0.29) is 12.1 Å². The summed E-state index contributed by atoms with van der Waals surface area (Å²) in [6.45, 7) is 2.14. The largest absolute Gasteiger partial charge is 0.484 e. The summed E-state index contributed by atoms with van der Waals surface area (Å²) in [4.78, 5) is 1.32. The fourth-order valence-electron chi connectivity index (χ4n) is 2.59. The van der Waals surface area contributed by atoms with Crippen molar-refractivity contribution >= 4 is 22.9 Å². The molecule has 4 heteroatoms. The van der Waals surface area contributed by atoms with E-state index >= 15 is 0 Å². The molecule has 1 aromatic heterocycles. The summed E-state index contributed by atoms with van der Waals surface area (Å²) < 4.78 is 6.16. The van der Waals surface area contributed by atoms with Crippen LogP contribution in [0.15, 0.2) is 29.6 Å². The third-order valence-electron chi connectivity index (χ3n) is 3.61. The van der Waals surface area contributed by atoms with Crippen molar-refractivity contribution in [3.63, 3.8) is 0 Å². The second kappa shape index (κ2) is 5.16. The first-order chi connectivity index (χ1) is 9.19. The highest BCUT2D eigenvalue weighted by atomic mass is 35.5. The number of ether oxygens (including phenoxy) is 1. The Morgan fingerprint density at radius 1 is 1.37 bits per heavy atom. The first-order valence-corrected chi connectivity index (χ1v) is 7.62. The van der Waals surface area contributed by atoms with E-state index < -0.39 is 0 Å².